The summed E-state index contributed by atoms with van der Waals surface area (Å²) in [6, 6.07) is -1.45. The molecule has 0 aromatic carbocycles. The molecule has 4 rings (SSSR count). The summed E-state index contributed by atoms with van der Waals surface area (Å²) in [7, 11) is 0. The number of nitrogens with zero attached hydrogens (tertiary/aromatic N) is 3. The number of nitrogens with one attached hydrogen (secondary N) is 1. The Morgan fingerprint density at radius 1 is 1.05 bits per heavy atom. The average Bonchev–Trinajstić information content (AvgIpc) is 3.52. The number of esters is 1. The molecule has 1 saturated heterocycles. The maximum absolute atomic E-state index is 14.1. The van der Waals surface area contributed by atoms with Gasteiger partial charge in [-0.05, 0) is 55.8 Å². The Kier molecular flexibility index (Phi) is 9.39. The topological polar surface area (TPSA) is 119 Å². The van der Waals surface area contributed by atoms with E-state index in [2.05, 4.69) is 15.3 Å². The first kappa shape index (κ1) is 29.2. The zero-order chi connectivity index (χ0) is 28.2. The van der Waals surface area contributed by atoms with Crippen molar-refractivity contribution in [2.75, 3.05) is 13.2 Å². The number of ketones is 1. The molecule has 9 nitrogen and oxygen atoms in total. The van der Waals surface area contributed by atoms with Crippen LogP contribution in [0.4, 0.5) is 0 Å². The van der Waals surface area contributed by atoms with E-state index in [1.807, 2.05) is 20.8 Å². The molecule has 1 aromatic rings. The molecule has 0 spiro atoms. The van der Waals surface area contributed by atoms with Gasteiger partial charge in [-0.1, -0.05) is 46.5 Å². The summed E-state index contributed by atoms with van der Waals surface area (Å²) in [5, 5.41) is 3.07. The number of Topliss-reactive ketones (excluding diaryl/α,β-unsaturated/α-hetero) is 1. The van der Waals surface area contributed by atoms with Crippen LogP contribution in [0.25, 0.3) is 0 Å². The molecule has 5 atom stereocenters. The van der Waals surface area contributed by atoms with Gasteiger partial charge in [-0.2, -0.15) is 0 Å². The molecule has 1 N–H and O–H groups in total. The number of likely N-dealkylation sites (tertiary alicyclic amines) is 1. The van der Waals surface area contributed by atoms with Crippen LogP contribution >= 0.6 is 0 Å². The van der Waals surface area contributed by atoms with Crippen LogP contribution in [0.15, 0.2) is 18.6 Å². The highest BCUT2D eigenvalue weighted by atomic mass is 16.5. The van der Waals surface area contributed by atoms with Crippen LogP contribution in [-0.4, -0.2) is 63.7 Å². The molecule has 3 fully saturated rings. The minimum atomic E-state index is -0.835. The lowest BCUT2D eigenvalue weighted by molar-refractivity contribution is -0.156. The molecule has 1 aliphatic heterocycles. The minimum Gasteiger partial charge on any atom is -0.464 e. The normalized spacial score (nSPS) is 25.0. The fraction of sp³-hybridized carbons (Fsp3) is 0.733. The van der Waals surface area contributed by atoms with Crippen molar-refractivity contribution in [2.45, 2.75) is 97.6 Å². The maximum atomic E-state index is 14.1. The molecule has 2 saturated carbocycles. The average molecular weight is 541 g/mol. The molecule has 2 heterocycles. The summed E-state index contributed by atoms with van der Waals surface area (Å²) in [5.74, 6) is -1.21. The molecule has 9 heteroatoms. The van der Waals surface area contributed by atoms with Gasteiger partial charge < -0.3 is 15.0 Å². The van der Waals surface area contributed by atoms with Crippen molar-refractivity contribution in [3.05, 3.63) is 24.3 Å². The first-order valence-corrected chi connectivity index (χ1v) is 14.7. The minimum absolute atomic E-state index is 0.0273. The lowest BCUT2D eigenvalue weighted by Crippen LogP contribution is -2.58. The number of carbonyl (C=O) groups excluding carboxylic acids is 4. The number of rotatable bonds is 9. The van der Waals surface area contributed by atoms with Gasteiger partial charge in [0.2, 0.25) is 11.8 Å². The maximum Gasteiger partial charge on any atom is 0.329 e. The summed E-state index contributed by atoms with van der Waals surface area (Å²) in [4.78, 5) is 64.0. The summed E-state index contributed by atoms with van der Waals surface area (Å²) >= 11 is 0. The van der Waals surface area contributed by atoms with Gasteiger partial charge in [0, 0.05) is 31.3 Å². The second-order valence-electron chi connectivity index (χ2n) is 12.6. The molecule has 214 valence electrons. The van der Waals surface area contributed by atoms with Gasteiger partial charge >= 0.3 is 5.97 Å². The Labute approximate surface area is 231 Å². The van der Waals surface area contributed by atoms with E-state index < -0.39 is 23.4 Å². The van der Waals surface area contributed by atoms with Crippen molar-refractivity contribution in [1.29, 1.82) is 0 Å². The molecular formula is C30H44N4O5. The van der Waals surface area contributed by atoms with Crippen LogP contribution in [0.3, 0.4) is 0 Å². The van der Waals surface area contributed by atoms with Crippen LogP contribution < -0.4 is 5.32 Å². The standard InChI is InChI=1S/C30H44N4O5/c1-5-39-29(38)25-21-13-9-12-20(21)18-34(25)28(37)26(30(2,3)4)33-27(36)22(19-10-7-6-8-11-19)16-24(35)23-17-31-14-15-32-23/h14-15,17,19-22,25-26H,5-13,16,18H2,1-4H3,(H,33,36)/t20-,21-,22-,25-,26+/m0/s1. The molecule has 3 aliphatic rings. The van der Waals surface area contributed by atoms with Gasteiger partial charge in [0.05, 0.1) is 12.8 Å². The Hall–Kier alpha value is -2.84. The molecule has 0 radical (unpaired) electrons. The van der Waals surface area contributed by atoms with E-state index in [1.165, 1.54) is 18.6 Å². The quantitative estimate of drug-likeness (QED) is 0.372. The molecule has 2 amide bonds. The van der Waals surface area contributed by atoms with Gasteiger partial charge in [0.1, 0.15) is 17.8 Å². The lowest BCUT2D eigenvalue weighted by atomic mass is 9.76. The molecule has 1 aromatic heterocycles. The molecule has 0 unspecified atom stereocenters. The lowest BCUT2D eigenvalue weighted by Gasteiger charge is -2.37. The number of ether oxygens (including phenoxy) is 1. The van der Waals surface area contributed by atoms with Gasteiger partial charge in [-0.15, -0.1) is 0 Å². The summed E-state index contributed by atoms with van der Waals surface area (Å²) < 4.78 is 5.40. The third-order valence-corrected chi connectivity index (χ3v) is 8.91. The van der Waals surface area contributed by atoms with E-state index in [0.717, 1.165) is 51.4 Å². The van der Waals surface area contributed by atoms with Crippen LogP contribution in [0.2, 0.25) is 0 Å². The Morgan fingerprint density at radius 2 is 1.79 bits per heavy atom. The molecule has 39 heavy (non-hydrogen) atoms. The van der Waals surface area contributed by atoms with Crippen LogP contribution in [0.5, 0.6) is 0 Å². The van der Waals surface area contributed by atoms with Crippen LogP contribution in [-0.2, 0) is 19.1 Å². The zero-order valence-electron chi connectivity index (χ0n) is 23.9. The van der Waals surface area contributed by atoms with E-state index in [0.29, 0.717) is 6.54 Å². The highest BCUT2D eigenvalue weighted by molar-refractivity contribution is 5.98. The van der Waals surface area contributed by atoms with E-state index >= 15 is 0 Å². The number of hydrogen-bond acceptors (Lipinski definition) is 7. The fourth-order valence-electron chi connectivity index (χ4n) is 6.88. The van der Waals surface area contributed by atoms with Crippen molar-refractivity contribution < 1.29 is 23.9 Å². The number of fused-ring (bicyclic) bond motifs is 1. The van der Waals surface area contributed by atoms with Crippen molar-refractivity contribution in [3.63, 3.8) is 0 Å². The molecule has 0 bridgehead atoms. The van der Waals surface area contributed by atoms with Crippen molar-refractivity contribution in [1.82, 2.24) is 20.2 Å². The van der Waals surface area contributed by atoms with Crippen molar-refractivity contribution >= 4 is 23.6 Å². The summed E-state index contributed by atoms with van der Waals surface area (Å²) in [5.41, 5.74) is -0.356. The fourth-order valence-corrected chi connectivity index (χ4v) is 6.88. The second kappa shape index (κ2) is 12.6. The Balaban J connectivity index is 1.56. The third-order valence-electron chi connectivity index (χ3n) is 8.91. The van der Waals surface area contributed by atoms with Gasteiger partial charge in [-0.3, -0.25) is 19.4 Å². The van der Waals surface area contributed by atoms with Crippen molar-refractivity contribution in [3.8, 4) is 0 Å². The first-order valence-electron chi connectivity index (χ1n) is 14.7. The van der Waals surface area contributed by atoms with Gasteiger partial charge in [0.25, 0.3) is 0 Å². The first-order chi connectivity index (χ1) is 18.6. The van der Waals surface area contributed by atoms with E-state index in [9.17, 15) is 19.2 Å². The monoisotopic (exact) mass is 540 g/mol. The summed E-state index contributed by atoms with van der Waals surface area (Å²) in [6.07, 6.45) is 12.3. The highest BCUT2D eigenvalue weighted by Crippen LogP contribution is 2.43. The smallest absolute Gasteiger partial charge is 0.329 e. The highest BCUT2D eigenvalue weighted by Gasteiger charge is 2.52. The van der Waals surface area contributed by atoms with Crippen LogP contribution in [0, 0.1) is 29.1 Å². The predicted octanol–water partition coefficient (Wildman–Crippen LogP) is 3.97. The summed E-state index contributed by atoms with van der Waals surface area (Å²) in [6.45, 7) is 8.31. The van der Waals surface area contributed by atoms with Crippen LogP contribution in [0.1, 0.15) is 96.0 Å². The van der Waals surface area contributed by atoms with Crippen molar-refractivity contribution in [2.24, 2.45) is 29.1 Å². The largest absolute Gasteiger partial charge is 0.464 e. The van der Waals surface area contributed by atoms with E-state index in [1.54, 1.807) is 11.8 Å². The SMILES string of the molecule is CCOC(=O)[C@@H]1[C@H]2CCC[C@H]2CN1C(=O)[C@@H](NC(=O)[C@@H](CC(=O)c1cnccn1)C1CCCCC1)C(C)(C)C. The zero-order valence-corrected chi connectivity index (χ0v) is 23.9. The Morgan fingerprint density at radius 3 is 2.44 bits per heavy atom. The second-order valence-corrected chi connectivity index (χ2v) is 12.6. The molecule has 2 aliphatic carbocycles. The molecular weight excluding hydrogens is 496 g/mol. The van der Waals surface area contributed by atoms with E-state index in [4.69, 9.17) is 4.74 Å². The van der Waals surface area contributed by atoms with Gasteiger partial charge in [0.15, 0.2) is 5.78 Å². The number of amides is 2. The predicted molar refractivity (Wildman–Crippen MR) is 145 cm³/mol. The Bertz CT molecular complexity index is 1030. The number of hydrogen-bond donors (Lipinski definition) is 1. The van der Waals surface area contributed by atoms with Gasteiger partial charge in [-0.25, -0.2) is 9.78 Å². The number of carbonyl (C=O) groups is 4. The number of aromatic nitrogens is 2. The van der Waals surface area contributed by atoms with E-state index in [-0.39, 0.29) is 60.0 Å². The third kappa shape index (κ3) is 6.67.